The number of alkyl halides is 3. The Kier molecular flexibility index (Phi) is 3.64. The topological polar surface area (TPSA) is 56.7 Å². The van der Waals surface area contributed by atoms with Crippen molar-refractivity contribution in [1.29, 1.82) is 0 Å². The molecule has 2 N–H and O–H groups in total. The minimum atomic E-state index is -4.43. The van der Waals surface area contributed by atoms with E-state index in [0.29, 0.717) is 17.2 Å². The zero-order valence-electron chi connectivity index (χ0n) is 9.87. The van der Waals surface area contributed by atoms with Crippen LogP contribution in [0.15, 0.2) is 22.7 Å². The van der Waals surface area contributed by atoms with Crippen LogP contribution in [0.25, 0.3) is 11.4 Å². The van der Waals surface area contributed by atoms with Gasteiger partial charge in [-0.1, -0.05) is 22.0 Å². The van der Waals surface area contributed by atoms with E-state index in [1.165, 1.54) is 6.07 Å². The van der Waals surface area contributed by atoms with Crippen LogP contribution in [-0.2, 0) is 19.8 Å². The van der Waals surface area contributed by atoms with Crippen LogP contribution in [0.2, 0.25) is 0 Å². The Balaban J connectivity index is 2.55. The lowest BCUT2D eigenvalue weighted by atomic mass is 10.1. The van der Waals surface area contributed by atoms with Crippen LogP contribution in [0, 0.1) is 0 Å². The lowest BCUT2D eigenvalue weighted by Crippen LogP contribution is -2.07. The number of hydrogen-bond donors (Lipinski definition) is 1. The quantitative estimate of drug-likeness (QED) is 0.918. The van der Waals surface area contributed by atoms with Crippen molar-refractivity contribution in [1.82, 2.24) is 14.8 Å². The molecule has 0 saturated heterocycles. The molecule has 0 aliphatic carbocycles. The zero-order valence-corrected chi connectivity index (χ0v) is 11.5. The van der Waals surface area contributed by atoms with Gasteiger partial charge in [-0.2, -0.15) is 13.2 Å². The number of aromatic nitrogens is 3. The first kappa shape index (κ1) is 14.0. The minimum absolute atomic E-state index is 0.00929. The minimum Gasteiger partial charge on any atom is -0.324 e. The van der Waals surface area contributed by atoms with Gasteiger partial charge in [-0.25, -0.2) is 0 Å². The summed E-state index contributed by atoms with van der Waals surface area (Å²) in [5.41, 5.74) is 5.04. The predicted molar refractivity (Wildman–Crippen MR) is 67.0 cm³/mol. The van der Waals surface area contributed by atoms with Gasteiger partial charge >= 0.3 is 6.18 Å². The third-order valence-electron chi connectivity index (χ3n) is 2.68. The molecule has 0 fully saturated rings. The summed E-state index contributed by atoms with van der Waals surface area (Å²) in [6, 6.07) is 3.92. The summed E-state index contributed by atoms with van der Waals surface area (Å²) < 4.78 is 40.0. The molecule has 0 atom stereocenters. The second-order valence-corrected chi connectivity index (χ2v) is 4.75. The van der Waals surface area contributed by atoms with Gasteiger partial charge in [-0.3, -0.25) is 0 Å². The maximum Gasteiger partial charge on any atom is 0.417 e. The van der Waals surface area contributed by atoms with Crippen LogP contribution in [0.4, 0.5) is 13.2 Å². The van der Waals surface area contributed by atoms with E-state index < -0.39 is 11.7 Å². The Morgan fingerprint density at radius 3 is 2.53 bits per heavy atom. The highest BCUT2D eigenvalue weighted by molar-refractivity contribution is 9.10. The zero-order chi connectivity index (χ0) is 14.2. The first-order chi connectivity index (χ1) is 8.84. The van der Waals surface area contributed by atoms with E-state index in [2.05, 4.69) is 26.1 Å². The van der Waals surface area contributed by atoms with E-state index in [9.17, 15) is 13.2 Å². The van der Waals surface area contributed by atoms with Gasteiger partial charge in [0, 0.05) is 17.1 Å². The standard InChI is InChI=1S/C11H10BrF3N4/c1-19-9(5-16)17-18-10(19)6-2-3-8(12)7(4-6)11(13,14)15/h2-4H,5,16H2,1H3. The Bertz CT molecular complexity index is 606. The fourth-order valence-corrected chi connectivity index (χ4v) is 2.14. The number of nitrogens with two attached hydrogens (primary N) is 1. The lowest BCUT2D eigenvalue weighted by molar-refractivity contribution is -0.138. The molecule has 102 valence electrons. The average Bonchev–Trinajstić information content (AvgIpc) is 2.70. The summed E-state index contributed by atoms with van der Waals surface area (Å²) in [5.74, 6) is 0.852. The van der Waals surface area contributed by atoms with Crippen molar-refractivity contribution in [2.45, 2.75) is 12.7 Å². The summed E-state index contributed by atoms with van der Waals surface area (Å²) in [4.78, 5) is 0. The highest BCUT2D eigenvalue weighted by atomic mass is 79.9. The van der Waals surface area contributed by atoms with Crippen molar-refractivity contribution in [3.8, 4) is 11.4 Å². The molecule has 0 aliphatic heterocycles. The molecule has 8 heteroatoms. The molecule has 19 heavy (non-hydrogen) atoms. The van der Waals surface area contributed by atoms with Crippen molar-refractivity contribution in [2.75, 3.05) is 0 Å². The molecular formula is C11H10BrF3N4. The van der Waals surface area contributed by atoms with Crippen molar-refractivity contribution < 1.29 is 13.2 Å². The van der Waals surface area contributed by atoms with E-state index in [-0.39, 0.29) is 11.0 Å². The van der Waals surface area contributed by atoms with Crippen LogP contribution >= 0.6 is 15.9 Å². The van der Waals surface area contributed by atoms with Gasteiger partial charge in [0.2, 0.25) is 0 Å². The number of benzene rings is 1. The molecule has 0 amide bonds. The summed E-state index contributed by atoms with van der Waals surface area (Å²) >= 11 is 2.89. The molecule has 4 nitrogen and oxygen atoms in total. The smallest absolute Gasteiger partial charge is 0.324 e. The van der Waals surface area contributed by atoms with Gasteiger partial charge in [0.05, 0.1) is 12.1 Å². The van der Waals surface area contributed by atoms with Gasteiger partial charge in [-0.15, -0.1) is 10.2 Å². The first-order valence-corrected chi connectivity index (χ1v) is 6.09. The maximum atomic E-state index is 12.8. The second-order valence-electron chi connectivity index (χ2n) is 3.90. The monoisotopic (exact) mass is 334 g/mol. The van der Waals surface area contributed by atoms with Gasteiger partial charge in [0.1, 0.15) is 5.82 Å². The van der Waals surface area contributed by atoms with E-state index in [1.54, 1.807) is 17.7 Å². The average molecular weight is 335 g/mol. The molecule has 2 aromatic rings. The largest absolute Gasteiger partial charge is 0.417 e. The number of nitrogens with zero attached hydrogens (tertiary/aromatic N) is 3. The Labute approximate surface area is 115 Å². The van der Waals surface area contributed by atoms with Crippen molar-refractivity contribution >= 4 is 15.9 Å². The Hall–Kier alpha value is -1.41. The number of halogens is 4. The molecule has 0 bridgehead atoms. The summed E-state index contributed by atoms with van der Waals surface area (Å²) in [6.07, 6.45) is -4.43. The molecular weight excluding hydrogens is 325 g/mol. The SMILES string of the molecule is Cn1c(CN)nnc1-c1ccc(Br)c(C(F)(F)F)c1. The molecule has 0 aliphatic rings. The summed E-state index contributed by atoms with van der Waals surface area (Å²) in [5, 5.41) is 7.68. The number of rotatable bonds is 2. The molecule has 0 radical (unpaired) electrons. The van der Waals surface area contributed by atoms with Crippen LogP contribution in [0.5, 0.6) is 0 Å². The highest BCUT2D eigenvalue weighted by Gasteiger charge is 2.33. The van der Waals surface area contributed by atoms with Gasteiger partial charge < -0.3 is 10.3 Å². The summed E-state index contributed by atoms with van der Waals surface area (Å²) in [6.45, 7) is 0.173. The van der Waals surface area contributed by atoms with Crippen molar-refractivity contribution in [2.24, 2.45) is 12.8 Å². The molecule has 0 spiro atoms. The molecule has 2 rings (SSSR count). The fourth-order valence-electron chi connectivity index (χ4n) is 1.67. The van der Waals surface area contributed by atoms with E-state index in [0.717, 1.165) is 6.07 Å². The van der Waals surface area contributed by atoms with Crippen LogP contribution in [0.1, 0.15) is 11.4 Å². The van der Waals surface area contributed by atoms with Gasteiger partial charge in [0.25, 0.3) is 0 Å². The van der Waals surface area contributed by atoms with Crippen molar-refractivity contribution in [3.05, 3.63) is 34.1 Å². The Morgan fingerprint density at radius 2 is 2.00 bits per heavy atom. The predicted octanol–water partition coefficient (Wildman–Crippen LogP) is 2.72. The van der Waals surface area contributed by atoms with Crippen LogP contribution in [0.3, 0.4) is 0 Å². The van der Waals surface area contributed by atoms with Crippen LogP contribution < -0.4 is 5.73 Å². The Morgan fingerprint density at radius 1 is 1.32 bits per heavy atom. The third-order valence-corrected chi connectivity index (χ3v) is 3.37. The highest BCUT2D eigenvalue weighted by Crippen LogP contribution is 2.37. The fraction of sp³-hybridized carbons (Fsp3) is 0.273. The second kappa shape index (κ2) is 4.93. The van der Waals surface area contributed by atoms with E-state index in [4.69, 9.17) is 5.73 Å². The lowest BCUT2D eigenvalue weighted by Gasteiger charge is -2.11. The van der Waals surface area contributed by atoms with E-state index in [1.807, 2.05) is 0 Å². The van der Waals surface area contributed by atoms with E-state index >= 15 is 0 Å². The first-order valence-electron chi connectivity index (χ1n) is 5.30. The molecule has 0 unspecified atom stereocenters. The van der Waals surface area contributed by atoms with Crippen molar-refractivity contribution in [3.63, 3.8) is 0 Å². The third kappa shape index (κ3) is 2.64. The van der Waals surface area contributed by atoms with Gasteiger partial charge in [-0.05, 0) is 12.1 Å². The normalized spacial score (nSPS) is 11.9. The molecule has 1 aromatic heterocycles. The molecule has 1 heterocycles. The number of hydrogen-bond acceptors (Lipinski definition) is 3. The maximum absolute atomic E-state index is 12.8. The molecule has 0 saturated carbocycles. The summed E-state index contributed by atoms with van der Waals surface area (Å²) in [7, 11) is 1.66. The molecule has 1 aromatic carbocycles. The van der Waals surface area contributed by atoms with Gasteiger partial charge in [0.15, 0.2) is 5.82 Å². The van der Waals surface area contributed by atoms with Crippen LogP contribution in [-0.4, -0.2) is 14.8 Å².